The lowest BCUT2D eigenvalue weighted by atomic mass is 9.69. The molecule has 1 amide bonds. The number of nitrogens with zero attached hydrogens (tertiary/aromatic N) is 4. The van der Waals surface area contributed by atoms with E-state index in [2.05, 4.69) is 27.2 Å². The number of hydrogen-bond donors (Lipinski definition) is 2. The van der Waals surface area contributed by atoms with Crippen LogP contribution in [0.25, 0.3) is 11.2 Å². The molecule has 0 radical (unpaired) electrons. The average Bonchev–Trinajstić information content (AvgIpc) is 3.69. The number of unbranched alkanes of at least 4 members (excludes halogenated alkanes) is 5. The Kier molecular flexibility index (Phi) is 10.0. The first-order valence-electron chi connectivity index (χ1n) is 15.9. The zero-order valence-corrected chi connectivity index (χ0v) is 25.8. The largest absolute Gasteiger partial charge is 0.459 e. The van der Waals surface area contributed by atoms with Crippen LogP contribution < -0.4 is 5.32 Å². The van der Waals surface area contributed by atoms with Crippen molar-refractivity contribution in [1.29, 1.82) is 0 Å². The first-order valence-corrected chi connectivity index (χ1v) is 16.3. The van der Waals surface area contributed by atoms with Gasteiger partial charge in [0.05, 0.1) is 18.9 Å². The molecule has 0 bridgehead atoms. The molecule has 0 unspecified atom stereocenters. The number of aliphatic hydroxyl groups excluding tert-OH is 1. The Bertz CT molecular complexity index is 1240. The molecule has 0 aromatic carbocycles. The van der Waals surface area contributed by atoms with Gasteiger partial charge in [0.1, 0.15) is 17.9 Å². The van der Waals surface area contributed by atoms with Crippen molar-refractivity contribution < 1.29 is 24.2 Å². The van der Waals surface area contributed by atoms with Crippen molar-refractivity contribution in [3.05, 3.63) is 11.6 Å². The summed E-state index contributed by atoms with van der Waals surface area (Å²) in [5.41, 5.74) is 0.157. The van der Waals surface area contributed by atoms with E-state index in [0.29, 0.717) is 29.4 Å². The molecular weight excluding hydrogens is 558 g/mol. The SMILES string of the molecule is CCCCCCCCC(=O)Nc1nc(Cl)nc2c1ncn2[C@H]1C[C@H](OC(=O)C2CCC3(CCCC3)CC2)[C@@](C)(CO)O1. The van der Waals surface area contributed by atoms with E-state index in [1.807, 2.05) is 0 Å². The van der Waals surface area contributed by atoms with Crippen molar-refractivity contribution >= 4 is 40.5 Å². The van der Waals surface area contributed by atoms with E-state index in [9.17, 15) is 14.7 Å². The van der Waals surface area contributed by atoms with Gasteiger partial charge in [-0.1, -0.05) is 51.9 Å². The number of esters is 1. The number of hydrogen-bond acceptors (Lipinski definition) is 8. The third kappa shape index (κ3) is 6.91. The number of aromatic nitrogens is 4. The Morgan fingerprint density at radius 2 is 1.83 bits per heavy atom. The van der Waals surface area contributed by atoms with Crippen LogP contribution in [-0.2, 0) is 19.1 Å². The van der Waals surface area contributed by atoms with Crippen molar-refractivity contribution in [3.63, 3.8) is 0 Å². The monoisotopic (exact) mass is 603 g/mol. The average molecular weight is 604 g/mol. The molecule has 2 aliphatic carbocycles. The number of ether oxygens (including phenoxy) is 2. The second-order valence-corrected chi connectivity index (χ2v) is 13.3. The molecule has 1 saturated heterocycles. The fourth-order valence-electron chi connectivity index (χ4n) is 7.13. The summed E-state index contributed by atoms with van der Waals surface area (Å²) in [5, 5.41) is 13.1. The minimum atomic E-state index is -1.08. The van der Waals surface area contributed by atoms with Gasteiger partial charge in [0.15, 0.2) is 17.0 Å². The van der Waals surface area contributed by atoms with Gasteiger partial charge in [-0.2, -0.15) is 9.97 Å². The van der Waals surface area contributed by atoms with Crippen molar-refractivity contribution in [1.82, 2.24) is 19.5 Å². The Morgan fingerprint density at radius 1 is 1.12 bits per heavy atom. The molecule has 3 aliphatic rings. The topological polar surface area (TPSA) is 128 Å². The molecule has 3 fully saturated rings. The molecule has 232 valence electrons. The van der Waals surface area contributed by atoms with Gasteiger partial charge in [-0.05, 0) is 68.9 Å². The molecule has 10 nitrogen and oxygen atoms in total. The quantitative estimate of drug-likeness (QED) is 0.160. The molecule has 1 spiro atoms. The third-order valence-corrected chi connectivity index (χ3v) is 10.0. The highest BCUT2D eigenvalue weighted by atomic mass is 35.5. The Labute approximate surface area is 253 Å². The van der Waals surface area contributed by atoms with Crippen LogP contribution in [0.5, 0.6) is 0 Å². The second-order valence-electron chi connectivity index (χ2n) is 12.9. The molecule has 11 heteroatoms. The fourth-order valence-corrected chi connectivity index (χ4v) is 7.29. The van der Waals surface area contributed by atoms with E-state index in [1.165, 1.54) is 44.9 Å². The van der Waals surface area contributed by atoms with Gasteiger partial charge in [0.2, 0.25) is 11.2 Å². The van der Waals surface area contributed by atoms with E-state index >= 15 is 0 Å². The van der Waals surface area contributed by atoms with Crippen LogP contribution in [0.1, 0.15) is 123 Å². The lowest BCUT2D eigenvalue weighted by Gasteiger charge is -2.37. The molecular formula is C31H46ClN5O5. The minimum absolute atomic E-state index is 0.0256. The van der Waals surface area contributed by atoms with Crippen molar-refractivity contribution in [2.75, 3.05) is 11.9 Å². The Balaban J connectivity index is 1.23. The van der Waals surface area contributed by atoms with Crippen molar-refractivity contribution in [3.8, 4) is 0 Å². The Hall–Kier alpha value is -2.30. The number of carbonyl (C=O) groups is 2. The van der Waals surface area contributed by atoms with Crippen LogP contribution in [0.3, 0.4) is 0 Å². The number of nitrogens with one attached hydrogen (secondary N) is 1. The summed E-state index contributed by atoms with van der Waals surface area (Å²) < 4.78 is 14.0. The first kappa shape index (κ1) is 31.1. The fraction of sp³-hybridized carbons (Fsp3) is 0.774. The number of anilines is 1. The number of fused-ring (bicyclic) bond motifs is 1. The summed E-state index contributed by atoms with van der Waals surface area (Å²) in [7, 11) is 0. The maximum atomic E-state index is 13.2. The highest BCUT2D eigenvalue weighted by Crippen LogP contribution is 2.50. The van der Waals surface area contributed by atoms with Gasteiger partial charge < -0.3 is 19.9 Å². The maximum absolute atomic E-state index is 13.2. The number of imidazole rings is 1. The molecule has 3 heterocycles. The van der Waals surface area contributed by atoms with Gasteiger partial charge in [-0.25, -0.2) is 4.98 Å². The lowest BCUT2D eigenvalue weighted by Crippen LogP contribution is -2.43. The molecule has 2 aromatic heterocycles. The second kappa shape index (κ2) is 13.6. The van der Waals surface area contributed by atoms with Crippen LogP contribution in [0.2, 0.25) is 5.28 Å². The summed E-state index contributed by atoms with van der Waals surface area (Å²) in [5.74, 6) is -0.202. The molecule has 42 heavy (non-hydrogen) atoms. The standard InChI is InChI=1S/C31H46ClN5O5/c1-3-4-5-6-7-8-11-23(39)34-26-25-27(36-29(32)35-26)37(20-33-25)24-18-22(30(2,19-38)42-24)41-28(40)21-12-16-31(17-13-21)14-9-10-15-31/h20-22,24,38H,3-19H2,1-2H3,(H,34,35,36,39)/t22-,24+,30+/m0/s1. The number of carbonyl (C=O) groups excluding carboxylic acids is 2. The number of aliphatic hydroxyl groups is 1. The first-order chi connectivity index (χ1) is 20.3. The molecule has 2 aromatic rings. The van der Waals surface area contributed by atoms with Crippen LogP contribution in [0.4, 0.5) is 5.82 Å². The van der Waals surface area contributed by atoms with Gasteiger partial charge >= 0.3 is 5.97 Å². The van der Waals surface area contributed by atoms with Gasteiger partial charge in [0, 0.05) is 12.8 Å². The smallest absolute Gasteiger partial charge is 0.309 e. The molecule has 5 rings (SSSR count). The maximum Gasteiger partial charge on any atom is 0.309 e. The van der Waals surface area contributed by atoms with Crippen LogP contribution in [-0.4, -0.2) is 54.8 Å². The summed E-state index contributed by atoms with van der Waals surface area (Å²) in [4.78, 5) is 39.0. The summed E-state index contributed by atoms with van der Waals surface area (Å²) in [6, 6.07) is 0. The van der Waals surface area contributed by atoms with E-state index in [4.69, 9.17) is 21.1 Å². The predicted octanol–water partition coefficient (Wildman–Crippen LogP) is 6.50. The molecule has 3 atom stereocenters. The summed E-state index contributed by atoms with van der Waals surface area (Å²) in [6.07, 6.45) is 16.7. The summed E-state index contributed by atoms with van der Waals surface area (Å²) in [6.45, 7) is 3.63. The molecule has 1 aliphatic heterocycles. The van der Waals surface area contributed by atoms with Crippen molar-refractivity contribution in [2.24, 2.45) is 11.3 Å². The number of halogens is 1. The molecule has 2 N–H and O–H groups in total. The summed E-state index contributed by atoms with van der Waals surface area (Å²) >= 11 is 6.27. The van der Waals surface area contributed by atoms with Gasteiger partial charge in [0.25, 0.3) is 0 Å². The van der Waals surface area contributed by atoms with Crippen molar-refractivity contribution in [2.45, 2.75) is 135 Å². The third-order valence-electron chi connectivity index (χ3n) is 9.84. The van der Waals surface area contributed by atoms with E-state index in [0.717, 1.165) is 44.9 Å². The van der Waals surface area contributed by atoms with E-state index in [-0.39, 0.29) is 35.5 Å². The van der Waals surface area contributed by atoms with Gasteiger partial charge in [-0.3, -0.25) is 14.2 Å². The van der Waals surface area contributed by atoms with Crippen LogP contribution in [0.15, 0.2) is 6.33 Å². The lowest BCUT2D eigenvalue weighted by molar-refractivity contribution is -0.170. The van der Waals surface area contributed by atoms with E-state index < -0.39 is 17.9 Å². The van der Waals surface area contributed by atoms with Crippen LogP contribution in [0, 0.1) is 11.3 Å². The highest BCUT2D eigenvalue weighted by molar-refractivity contribution is 6.28. The van der Waals surface area contributed by atoms with E-state index in [1.54, 1.807) is 17.8 Å². The molecule has 2 saturated carbocycles. The number of rotatable bonds is 12. The normalized spacial score (nSPS) is 25.8. The Morgan fingerprint density at radius 3 is 2.55 bits per heavy atom. The van der Waals surface area contributed by atoms with Crippen LogP contribution >= 0.6 is 11.6 Å². The zero-order valence-electron chi connectivity index (χ0n) is 25.1. The predicted molar refractivity (Wildman–Crippen MR) is 160 cm³/mol. The van der Waals surface area contributed by atoms with Gasteiger partial charge in [-0.15, -0.1) is 0 Å². The minimum Gasteiger partial charge on any atom is -0.459 e. The number of amides is 1. The zero-order chi connectivity index (χ0) is 29.7. The highest BCUT2D eigenvalue weighted by Gasteiger charge is 2.49.